The molecule has 2 rings (SSSR count). The minimum absolute atomic E-state index is 0.00626. The second-order valence-electron chi connectivity index (χ2n) is 4.48. The highest BCUT2D eigenvalue weighted by atomic mass is 16.4. The standard InChI is InChI=1S/C12H12N4O4/c1-6(2)10-13-14-15-16(10)9-4-7(11(17)18)3-8(5-9)12(19)20/h3-6H,1-2H3,(H,17,18)(H,19,20). The van der Waals surface area contributed by atoms with E-state index in [4.69, 9.17) is 10.2 Å². The summed E-state index contributed by atoms with van der Waals surface area (Å²) in [7, 11) is 0. The van der Waals surface area contributed by atoms with Gasteiger partial charge in [-0.25, -0.2) is 9.59 Å². The Morgan fingerprint density at radius 2 is 1.65 bits per heavy atom. The zero-order valence-electron chi connectivity index (χ0n) is 10.8. The van der Waals surface area contributed by atoms with Crippen LogP contribution < -0.4 is 0 Å². The molecule has 2 aromatic rings. The summed E-state index contributed by atoms with van der Waals surface area (Å²) in [6.07, 6.45) is 0. The van der Waals surface area contributed by atoms with Crippen molar-refractivity contribution in [2.75, 3.05) is 0 Å². The molecule has 0 bridgehead atoms. The first-order valence-electron chi connectivity index (χ1n) is 5.80. The summed E-state index contributed by atoms with van der Waals surface area (Å²) >= 11 is 0. The zero-order chi connectivity index (χ0) is 14.9. The van der Waals surface area contributed by atoms with Gasteiger partial charge in [-0.1, -0.05) is 13.8 Å². The van der Waals surface area contributed by atoms with Gasteiger partial charge < -0.3 is 10.2 Å². The smallest absolute Gasteiger partial charge is 0.335 e. The number of nitrogens with zero attached hydrogens (tertiary/aromatic N) is 4. The van der Waals surface area contributed by atoms with Crippen LogP contribution in [0.25, 0.3) is 5.69 Å². The van der Waals surface area contributed by atoms with Gasteiger partial charge in [0, 0.05) is 5.92 Å². The van der Waals surface area contributed by atoms with Crippen molar-refractivity contribution in [2.45, 2.75) is 19.8 Å². The van der Waals surface area contributed by atoms with Crippen LogP contribution in [0.1, 0.15) is 46.3 Å². The molecule has 0 unspecified atom stereocenters. The molecule has 0 aliphatic carbocycles. The molecule has 0 amide bonds. The van der Waals surface area contributed by atoms with Crippen molar-refractivity contribution in [3.63, 3.8) is 0 Å². The fourth-order valence-corrected chi connectivity index (χ4v) is 1.72. The second kappa shape index (κ2) is 5.08. The predicted octanol–water partition coefficient (Wildman–Crippen LogP) is 1.18. The van der Waals surface area contributed by atoms with E-state index < -0.39 is 11.9 Å². The number of tetrazole rings is 1. The van der Waals surface area contributed by atoms with Crippen molar-refractivity contribution in [2.24, 2.45) is 0 Å². The highest BCUT2D eigenvalue weighted by Crippen LogP contribution is 2.18. The van der Waals surface area contributed by atoms with E-state index >= 15 is 0 Å². The van der Waals surface area contributed by atoms with E-state index in [1.807, 2.05) is 13.8 Å². The van der Waals surface area contributed by atoms with Crippen LogP contribution in [-0.4, -0.2) is 42.4 Å². The minimum Gasteiger partial charge on any atom is -0.478 e. The lowest BCUT2D eigenvalue weighted by atomic mass is 10.1. The molecule has 0 aliphatic rings. The monoisotopic (exact) mass is 276 g/mol. The molecule has 1 aromatic heterocycles. The van der Waals surface area contributed by atoms with Gasteiger partial charge in [0.25, 0.3) is 0 Å². The van der Waals surface area contributed by atoms with Gasteiger partial charge in [0.05, 0.1) is 16.8 Å². The van der Waals surface area contributed by atoms with Gasteiger partial charge in [-0.2, -0.15) is 4.68 Å². The third-order valence-electron chi connectivity index (χ3n) is 2.67. The van der Waals surface area contributed by atoms with Crippen LogP contribution >= 0.6 is 0 Å². The topological polar surface area (TPSA) is 118 Å². The molecule has 2 N–H and O–H groups in total. The van der Waals surface area contributed by atoms with E-state index in [0.29, 0.717) is 11.5 Å². The number of benzene rings is 1. The summed E-state index contributed by atoms with van der Waals surface area (Å²) in [5, 5.41) is 29.2. The molecular formula is C12H12N4O4. The molecule has 0 fully saturated rings. The third kappa shape index (κ3) is 2.48. The van der Waals surface area contributed by atoms with Gasteiger partial charge in [0.2, 0.25) is 0 Å². The maximum absolute atomic E-state index is 11.1. The molecule has 0 saturated carbocycles. The summed E-state index contributed by atoms with van der Waals surface area (Å²) in [6, 6.07) is 3.75. The molecule has 1 aromatic carbocycles. The number of hydrogen-bond donors (Lipinski definition) is 2. The number of aromatic nitrogens is 4. The summed E-state index contributed by atoms with van der Waals surface area (Å²) in [6.45, 7) is 3.75. The van der Waals surface area contributed by atoms with Crippen LogP contribution in [0, 0.1) is 0 Å². The second-order valence-corrected chi connectivity index (χ2v) is 4.48. The van der Waals surface area contributed by atoms with Gasteiger partial charge in [-0.15, -0.1) is 5.10 Å². The molecule has 0 aliphatic heterocycles. The van der Waals surface area contributed by atoms with Crippen LogP contribution in [0.4, 0.5) is 0 Å². The summed E-state index contributed by atoms with van der Waals surface area (Å²) in [5.41, 5.74) is 0.0335. The minimum atomic E-state index is -1.21. The fourth-order valence-electron chi connectivity index (χ4n) is 1.72. The number of rotatable bonds is 4. The lowest BCUT2D eigenvalue weighted by molar-refractivity contribution is 0.0696. The Labute approximate surface area is 113 Å². The van der Waals surface area contributed by atoms with Crippen molar-refractivity contribution in [3.8, 4) is 5.69 Å². The average molecular weight is 276 g/mol. The van der Waals surface area contributed by atoms with E-state index in [1.54, 1.807) is 0 Å². The first kappa shape index (κ1) is 13.7. The number of carboxylic acids is 2. The molecule has 104 valence electrons. The zero-order valence-corrected chi connectivity index (χ0v) is 10.8. The largest absolute Gasteiger partial charge is 0.478 e. The fraction of sp³-hybridized carbons (Fsp3) is 0.250. The Hall–Kier alpha value is -2.77. The van der Waals surface area contributed by atoms with Crippen LogP contribution in [0.15, 0.2) is 18.2 Å². The Morgan fingerprint density at radius 3 is 2.10 bits per heavy atom. The van der Waals surface area contributed by atoms with Gasteiger partial charge in [0.1, 0.15) is 0 Å². The van der Waals surface area contributed by atoms with Gasteiger partial charge in [0.15, 0.2) is 5.82 Å². The first-order chi connectivity index (χ1) is 9.40. The highest BCUT2D eigenvalue weighted by molar-refractivity contribution is 5.94. The Balaban J connectivity index is 2.64. The van der Waals surface area contributed by atoms with E-state index in [9.17, 15) is 9.59 Å². The molecule has 8 nitrogen and oxygen atoms in total. The lowest BCUT2D eigenvalue weighted by Gasteiger charge is -2.08. The van der Waals surface area contributed by atoms with E-state index in [-0.39, 0.29) is 17.0 Å². The summed E-state index contributed by atoms with van der Waals surface area (Å²) in [5.74, 6) is -1.90. The Morgan fingerprint density at radius 1 is 1.10 bits per heavy atom. The van der Waals surface area contributed by atoms with E-state index in [1.165, 1.54) is 16.8 Å². The molecule has 20 heavy (non-hydrogen) atoms. The normalized spacial score (nSPS) is 10.8. The van der Waals surface area contributed by atoms with E-state index in [2.05, 4.69) is 15.5 Å². The van der Waals surface area contributed by atoms with Crippen LogP contribution in [0.3, 0.4) is 0 Å². The van der Waals surface area contributed by atoms with Crippen molar-refractivity contribution >= 4 is 11.9 Å². The van der Waals surface area contributed by atoms with Gasteiger partial charge in [-0.05, 0) is 28.6 Å². The quantitative estimate of drug-likeness (QED) is 0.860. The first-order valence-corrected chi connectivity index (χ1v) is 5.80. The van der Waals surface area contributed by atoms with Crippen molar-refractivity contribution < 1.29 is 19.8 Å². The average Bonchev–Trinajstić information content (AvgIpc) is 2.87. The summed E-state index contributed by atoms with van der Waals surface area (Å²) in [4.78, 5) is 22.1. The predicted molar refractivity (Wildman–Crippen MR) is 67.2 cm³/mol. The molecule has 8 heteroatoms. The Kier molecular flexibility index (Phi) is 3.47. The lowest BCUT2D eigenvalue weighted by Crippen LogP contribution is -2.09. The molecule has 0 atom stereocenters. The molecular weight excluding hydrogens is 264 g/mol. The van der Waals surface area contributed by atoms with Gasteiger partial charge >= 0.3 is 11.9 Å². The van der Waals surface area contributed by atoms with Crippen LogP contribution in [-0.2, 0) is 0 Å². The molecule has 0 saturated heterocycles. The number of hydrogen-bond acceptors (Lipinski definition) is 5. The van der Waals surface area contributed by atoms with Crippen LogP contribution in [0.5, 0.6) is 0 Å². The van der Waals surface area contributed by atoms with Crippen molar-refractivity contribution in [3.05, 3.63) is 35.2 Å². The number of aromatic carboxylic acids is 2. The SMILES string of the molecule is CC(C)c1nnnn1-c1cc(C(=O)O)cc(C(=O)O)c1. The van der Waals surface area contributed by atoms with Crippen LogP contribution in [0.2, 0.25) is 0 Å². The molecule has 0 spiro atoms. The van der Waals surface area contributed by atoms with E-state index in [0.717, 1.165) is 6.07 Å². The van der Waals surface area contributed by atoms with Crippen molar-refractivity contribution in [1.82, 2.24) is 20.2 Å². The number of carbonyl (C=O) groups is 2. The van der Waals surface area contributed by atoms with Gasteiger partial charge in [-0.3, -0.25) is 0 Å². The summed E-state index contributed by atoms with van der Waals surface area (Å²) < 4.78 is 1.34. The molecule has 0 radical (unpaired) electrons. The number of carboxylic acid groups (broad SMARTS) is 2. The maximum Gasteiger partial charge on any atom is 0.335 e. The third-order valence-corrected chi connectivity index (χ3v) is 2.67. The molecule has 1 heterocycles. The Bertz CT molecular complexity index is 646. The highest BCUT2D eigenvalue weighted by Gasteiger charge is 2.16. The van der Waals surface area contributed by atoms with Crippen molar-refractivity contribution in [1.29, 1.82) is 0 Å². The maximum atomic E-state index is 11.1.